The molecule has 1 aromatic rings. The fraction of sp³-hybridized carbons (Fsp3) is 0.529. The molecule has 2 nitrogen and oxygen atoms in total. The van der Waals surface area contributed by atoms with Crippen molar-refractivity contribution >= 4 is 33.6 Å². The zero-order chi connectivity index (χ0) is 14.7. The van der Waals surface area contributed by atoms with Crippen LogP contribution in [0.25, 0.3) is 6.08 Å². The second kappa shape index (κ2) is 7.06. The summed E-state index contributed by atoms with van der Waals surface area (Å²) in [4.78, 5) is 0. The number of alkyl halides is 1. The van der Waals surface area contributed by atoms with Gasteiger partial charge in [0.1, 0.15) is 13.2 Å². The van der Waals surface area contributed by atoms with Gasteiger partial charge in [0, 0.05) is 5.88 Å². The van der Waals surface area contributed by atoms with Crippen molar-refractivity contribution in [2.45, 2.75) is 32.1 Å². The van der Waals surface area contributed by atoms with E-state index < -0.39 is 0 Å². The fourth-order valence-electron chi connectivity index (χ4n) is 3.17. The maximum absolute atomic E-state index is 6.20. The molecule has 0 spiro atoms. The lowest BCUT2D eigenvalue weighted by Gasteiger charge is -2.24. The number of hydrogen-bond donors (Lipinski definition) is 0. The Morgan fingerprint density at radius 2 is 1.95 bits per heavy atom. The molecule has 0 aromatic heterocycles. The van der Waals surface area contributed by atoms with Crippen LogP contribution < -0.4 is 9.47 Å². The summed E-state index contributed by atoms with van der Waals surface area (Å²) in [5.74, 6) is 2.88. The van der Waals surface area contributed by atoms with E-state index in [4.69, 9.17) is 21.1 Å². The molecule has 1 aromatic carbocycles. The Hall–Kier alpha value is -0.670. The number of ether oxygens (including phenoxy) is 2. The van der Waals surface area contributed by atoms with E-state index in [1.54, 1.807) is 0 Å². The molecule has 0 atom stereocenters. The smallest absolute Gasteiger partial charge is 0.175 e. The van der Waals surface area contributed by atoms with E-state index in [0.717, 1.165) is 21.5 Å². The highest BCUT2D eigenvalue weighted by Crippen LogP contribution is 2.40. The predicted octanol–water partition coefficient (Wildman–Crippen LogP) is 5.42. The lowest BCUT2D eigenvalue weighted by molar-refractivity contribution is 0.170. The lowest BCUT2D eigenvalue weighted by Crippen LogP contribution is -2.15. The highest BCUT2D eigenvalue weighted by atomic mass is 79.9. The maximum Gasteiger partial charge on any atom is 0.175 e. The Labute approximate surface area is 139 Å². The molecule has 0 N–H and O–H groups in total. The van der Waals surface area contributed by atoms with Gasteiger partial charge in [-0.25, -0.2) is 0 Å². The van der Waals surface area contributed by atoms with Gasteiger partial charge in [-0.3, -0.25) is 0 Å². The Bertz CT molecular complexity index is 536. The zero-order valence-corrected chi connectivity index (χ0v) is 14.4. The maximum atomic E-state index is 6.20. The van der Waals surface area contributed by atoms with Gasteiger partial charge >= 0.3 is 0 Å². The molecule has 0 bridgehead atoms. The first-order chi connectivity index (χ1) is 10.3. The highest BCUT2D eigenvalue weighted by molar-refractivity contribution is 9.10. The van der Waals surface area contributed by atoms with Gasteiger partial charge < -0.3 is 9.47 Å². The van der Waals surface area contributed by atoms with Crippen LogP contribution in [0, 0.1) is 5.92 Å². The summed E-state index contributed by atoms with van der Waals surface area (Å²) in [7, 11) is 0. The van der Waals surface area contributed by atoms with E-state index in [9.17, 15) is 0 Å². The number of benzene rings is 1. The molecular weight excluding hydrogens is 352 g/mol. The van der Waals surface area contributed by atoms with Crippen molar-refractivity contribution in [3.8, 4) is 11.5 Å². The third kappa shape index (κ3) is 3.57. The van der Waals surface area contributed by atoms with Crippen LogP contribution in [-0.2, 0) is 0 Å². The molecule has 2 aliphatic rings. The Morgan fingerprint density at radius 1 is 1.19 bits per heavy atom. The summed E-state index contributed by atoms with van der Waals surface area (Å²) in [6.45, 7) is 1.22. The Balaban J connectivity index is 1.88. The summed E-state index contributed by atoms with van der Waals surface area (Å²) >= 11 is 9.77. The number of allylic oxidation sites excluding steroid dienone is 1. The van der Waals surface area contributed by atoms with Crippen molar-refractivity contribution in [3.05, 3.63) is 27.7 Å². The second-order valence-electron chi connectivity index (χ2n) is 5.71. The van der Waals surface area contributed by atoms with E-state index in [-0.39, 0.29) is 0 Å². The SMILES string of the molecule is ClC/C(=C/c1cc(Br)c2c(c1)OCCO2)C1CCCCC1. The minimum absolute atomic E-state index is 0.607. The van der Waals surface area contributed by atoms with Gasteiger partial charge in [0.2, 0.25) is 0 Å². The van der Waals surface area contributed by atoms with Crippen molar-refractivity contribution < 1.29 is 9.47 Å². The first kappa shape index (κ1) is 15.2. The largest absolute Gasteiger partial charge is 0.486 e. The fourth-order valence-corrected chi connectivity index (χ4v) is 4.04. The minimum atomic E-state index is 0.607. The first-order valence-electron chi connectivity index (χ1n) is 7.63. The molecule has 0 unspecified atom stereocenters. The van der Waals surface area contributed by atoms with Gasteiger partial charge in [0.25, 0.3) is 0 Å². The van der Waals surface area contributed by atoms with Crippen molar-refractivity contribution in [2.24, 2.45) is 5.92 Å². The molecule has 3 rings (SSSR count). The molecule has 114 valence electrons. The molecule has 0 radical (unpaired) electrons. The first-order valence-corrected chi connectivity index (χ1v) is 8.96. The molecule has 21 heavy (non-hydrogen) atoms. The van der Waals surface area contributed by atoms with Gasteiger partial charge in [-0.2, -0.15) is 0 Å². The average Bonchev–Trinajstić information content (AvgIpc) is 2.53. The molecule has 1 heterocycles. The number of rotatable bonds is 3. The predicted molar refractivity (Wildman–Crippen MR) is 90.4 cm³/mol. The summed E-state index contributed by atoms with van der Waals surface area (Å²) in [6, 6.07) is 4.14. The Kier molecular flexibility index (Phi) is 5.12. The summed E-state index contributed by atoms with van der Waals surface area (Å²) in [5, 5.41) is 0. The van der Waals surface area contributed by atoms with E-state index in [1.165, 1.54) is 37.7 Å². The topological polar surface area (TPSA) is 18.5 Å². The van der Waals surface area contributed by atoms with E-state index in [1.807, 2.05) is 0 Å². The van der Waals surface area contributed by atoms with Crippen molar-refractivity contribution in [3.63, 3.8) is 0 Å². The summed E-state index contributed by atoms with van der Waals surface area (Å²) in [6.07, 6.45) is 8.77. The summed E-state index contributed by atoms with van der Waals surface area (Å²) < 4.78 is 12.3. The quantitative estimate of drug-likeness (QED) is 0.660. The van der Waals surface area contributed by atoms with Crippen LogP contribution in [0.1, 0.15) is 37.7 Å². The molecule has 0 saturated heterocycles. The molecule has 1 saturated carbocycles. The molecular formula is C17H20BrClO2. The minimum Gasteiger partial charge on any atom is -0.486 e. The zero-order valence-electron chi connectivity index (χ0n) is 12.0. The standard InChI is InChI=1S/C17H20BrClO2/c18-15-9-12(10-16-17(15)21-7-6-20-16)8-14(11-19)13-4-2-1-3-5-13/h8-10,13H,1-7,11H2/b14-8-. The second-order valence-corrected chi connectivity index (χ2v) is 6.84. The van der Waals surface area contributed by atoms with Gasteiger partial charge in [-0.15, -0.1) is 11.6 Å². The third-order valence-corrected chi connectivity index (χ3v) is 5.15. The van der Waals surface area contributed by atoms with Gasteiger partial charge in [-0.1, -0.05) is 30.9 Å². The normalized spacial score (nSPS) is 19.6. The van der Waals surface area contributed by atoms with Crippen LogP contribution in [0.4, 0.5) is 0 Å². The van der Waals surface area contributed by atoms with E-state index >= 15 is 0 Å². The van der Waals surface area contributed by atoms with Crippen LogP contribution >= 0.6 is 27.5 Å². The molecule has 4 heteroatoms. The molecule has 0 amide bonds. The number of fused-ring (bicyclic) bond motifs is 1. The van der Waals surface area contributed by atoms with E-state index in [0.29, 0.717) is 25.0 Å². The number of hydrogen-bond acceptors (Lipinski definition) is 2. The molecule has 1 aliphatic heterocycles. The van der Waals surface area contributed by atoms with Crippen LogP contribution in [0.15, 0.2) is 22.2 Å². The van der Waals surface area contributed by atoms with Gasteiger partial charge in [0.15, 0.2) is 11.5 Å². The van der Waals surface area contributed by atoms with Crippen LogP contribution in [0.3, 0.4) is 0 Å². The lowest BCUT2D eigenvalue weighted by atomic mass is 9.83. The van der Waals surface area contributed by atoms with Crippen LogP contribution in [-0.4, -0.2) is 19.1 Å². The van der Waals surface area contributed by atoms with Gasteiger partial charge in [-0.05, 0) is 52.4 Å². The monoisotopic (exact) mass is 370 g/mol. The number of halogens is 2. The van der Waals surface area contributed by atoms with Crippen molar-refractivity contribution in [2.75, 3.05) is 19.1 Å². The molecule has 1 fully saturated rings. The Morgan fingerprint density at radius 3 is 2.71 bits per heavy atom. The summed E-state index contributed by atoms with van der Waals surface area (Å²) in [5.41, 5.74) is 2.48. The van der Waals surface area contributed by atoms with Crippen LogP contribution in [0.5, 0.6) is 11.5 Å². The third-order valence-electron chi connectivity index (χ3n) is 4.26. The van der Waals surface area contributed by atoms with Crippen molar-refractivity contribution in [1.82, 2.24) is 0 Å². The van der Waals surface area contributed by atoms with Crippen molar-refractivity contribution in [1.29, 1.82) is 0 Å². The van der Waals surface area contributed by atoms with E-state index in [2.05, 4.69) is 34.1 Å². The van der Waals surface area contributed by atoms with Gasteiger partial charge in [0.05, 0.1) is 4.47 Å². The highest BCUT2D eigenvalue weighted by Gasteiger charge is 2.19. The van der Waals surface area contributed by atoms with Crippen LogP contribution in [0.2, 0.25) is 0 Å². The molecule has 1 aliphatic carbocycles. The average molecular weight is 372 g/mol.